The highest BCUT2D eigenvalue weighted by Crippen LogP contribution is 2.29. The molecule has 0 bridgehead atoms. The van der Waals surface area contributed by atoms with Gasteiger partial charge in [0.1, 0.15) is 5.69 Å². The van der Waals surface area contributed by atoms with Crippen molar-refractivity contribution in [3.05, 3.63) is 22.5 Å². The van der Waals surface area contributed by atoms with Gasteiger partial charge in [-0.05, 0) is 25.0 Å². The first-order chi connectivity index (χ1) is 8.25. The summed E-state index contributed by atoms with van der Waals surface area (Å²) in [6.45, 7) is 2.98. The first-order valence-electron chi connectivity index (χ1n) is 5.12. The van der Waals surface area contributed by atoms with E-state index in [0.29, 0.717) is 5.69 Å². The first kappa shape index (κ1) is 13.8. The van der Waals surface area contributed by atoms with Crippen molar-refractivity contribution in [1.82, 2.24) is 4.98 Å². The number of aromatic amines is 1. The van der Waals surface area contributed by atoms with E-state index in [9.17, 15) is 14.4 Å². The highest BCUT2D eigenvalue weighted by Gasteiger charge is 2.29. The van der Waals surface area contributed by atoms with Gasteiger partial charge in [-0.2, -0.15) is 0 Å². The smallest absolute Gasteiger partial charge is 0.352 e. The molecule has 0 aliphatic heterocycles. The lowest BCUT2D eigenvalue weighted by atomic mass is 9.92. The molecule has 0 radical (unpaired) electrons. The standard InChI is InChI=1S/C11H13NO6/c1-4-8(5(2)12-9(4)11(17)18)6(10(15)16)3-7(13)14/h6,12H,3H2,1-2H3,(H,13,14)(H,15,16)(H,17,18). The zero-order chi connectivity index (χ0) is 14.0. The predicted molar refractivity (Wildman–Crippen MR) is 59.9 cm³/mol. The van der Waals surface area contributed by atoms with Crippen molar-refractivity contribution < 1.29 is 29.7 Å². The molecule has 7 nitrogen and oxygen atoms in total. The van der Waals surface area contributed by atoms with Crippen molar-refractivity contribution in [3.63, 3.8) is 0 Å². The van der Waals surface area contributed by atoms with Crippen molar-refractivity contribution >= 4 is 17.9 Å². The highest BCUT2D eigenvalue weighted by molar-refractivity contribution is 5.90. The lowest BCUT2D eigenvalue weighted by Gasteiger charge is -2.11. The maximum atomic E-state index is 11.1. The molecular weight excluding hydrogens is 242 g/mol. The fraction of sp³-hybridized carbons (Fsp3) is 0.364. The normalized spacial score (nSPS) is 12.1. The summed E-state index contributed by atoms with van der Waals surface area (Å²) in [5.41, 5.74) is 0.730. The fourth-order valence-corrected chi connectivity index (χ4v) is 1.99. The number of carboxylic acid groups (broad SMARTS) is 3. The Balaban J connectivity index is 3.32. The Morgan fingerprint density at radius 3 is 2.06 bits per heavy atom. The lowest BCUT2D eigenvalue weighted by molar-refractivity contribution is -0.145. The topological polar surface area (TPSA) is 128 Å². The summed E-state index contributed by atoms with van der Waals surface area (Å²) >= 11 is 0. The van der Waals surface area contributed by atoms with Gasteiger partial charge in [0, 0.05) is 5.69 Å². The van der Waals surface area contributed by atoms with Crippen LogP contribution in [0.25, 0.3) is 0 Å². The van der Waals surface area contributed by atoms with Gasteiger partial charge >= 0.3 is 17.9 Å². The van der Waals surface area contributed by atoms with E-state index in [-0.39, 0.29) is 16.8 Å². The summed E-state index contributed by atoms with van der Waals surface area (Å²) in [5.74, 6) is -5.01. The molecule has 0 aliphatic rings. The van der Waals surface area contributed by atoms with E-state index in [1.807, 2.05) is 0 Å². The van der Waals surface area contributed by atoms with Gasteiger partial charge in [0.15, 0.2) is 0 Å². The van der Waals surface area contributed by atoms with Gasteiger partial charge in [-0.3, -0.25) is 9.59 Å². The minimum atomic E-state index is -1.29. The van der Waals surface area contributed by atoms with Crippen LogP contribution in [-0.2, 0) is 9.59 Å². The molecule has 4 N–H and O–H groups in total. The van der Waals surface area contributed by atoms with Gasteiger partial charge in [0.25, 0.3) is 0 Å². The Labute approximate surface area is 102 Å². The molecule has 1 unspecified atom stereocenters. The van der Waals surface area contributed by atoms with Crippen LogP contribution in [0, 0.1) is 13.8 Å². The molecule has 7 heteroatoms. The number of aliphatic carboxylic acids is 2. The van der Waals surface area contributed by atoms with Crippen molar-refractivity contribution in [3.8, 4) is 0 Å². The Kier molecular flexibility index (Phi) is 3.75. The summed E-state index contributed by atoms with van der Waals surface area (Å²) < 4.78 is 0. The van der Waals surface area contributed by atoms with Crippen molar-refractivity contribution in [1.29, 1.82) is 0 Å². The number of H-pyrrole nitrogens is 1. The third-order valence-corrected chi connectivity index (χ3v) is 2.73. The first-order valence-corrected chi connectivity index (χ1v) is 5.12. The predicted octanol–water partition coefficient (Wildman–Crippen LogP) is 0.973. The van der Waals surface area contributed by atoms with Crippen LogP contribution in [0.1, 0.15) is 39.6 Å². The number of hydrogen-bond acceptors (Lipinski definition) is 3. The lowest BCUT2D eigenvalue weighted by Crippen LogP contribution is -2.17. The highest BCUT2D eigenvalue weighted by atomic mass is 16.4. The van der Waals surface area contributed by atoms with E-state index in [0.717, 1.165) is 0 Å². The number of aromatic nitrogens is 1. The van der Waals surface area contributed by atoms with Gasteiger partial charge < -0.3 is 20.3 Å². The summed E-state index contributed by atoms with van der Waals surface area (Å²) in [5, 5.41) is 26.7. The maximum Gasteiger partial charge on any atom is 0.352 e. The van der Waals surface area contributed by atoms with Gasteiger partial charge in [0.05, 0.1) is 12.3 Å². The minimum Gasteiger partial charge on any atom is -0.481 e. The molecular formula is C11H13NO6. The second-order valence-corrected chi connectivity index (χ2v) is 3.96. The van der Waals surface area contributed by atoms with E-state index >= 15 is 0 Å². The third-order valence-electron chi connectivity index (χ3n) is 2.73. The van der Waals surface area contributed by atoms with Crippen LogP contribution in [0.15, 0.2) is 0 Å². The molecule has 1 heterocycles. The SMILES string of the molecule is Cc1[nH]c(C(=O)O)c(C)c1C(CC(=O)O)C(=O)O. The van der Waals surface area contributed by atoms with Crippen LogP contribution in [-0.4, -0.2) is 38.2 Å². The van der Waals surface area contributed by atoms with Crippen LogP contribution in [0.4, 0.5) is 0 Å². The number of carboxylic acids is 3. The van der Waals surface area contributed by atoms with E-state index in [1.54, 1.807) is 0 Å². The van der Waals surface area contributed by atoms with Crippen LogP contribution in [0.5, 0.6) is 0 Å². The average molecular weight is 255 g/mol. The Morgan fingerprint density at radius 2 is 1.72 bits per heavy atom. The molecule has 1 atom stereocenters. The zero-order valence-corrected chi connectivity index (χ0v) is 9.85. The van der Waals surface area contributed by atoms with Crippen molar-refractivity contribution in [2.24, 2.45) is 0 Å². The van der Waals surface area contributed by atoms with Crippen molar-refractivity contribution in [2.75, 3.05) is 0 Å². The molecule has 18 heavy (non-hydrogen) atoms. The van der Waals surface area contributed by atoms with Gasteiger partial charge in [-0.25, -0.2) is 4.79 Å². The van der Waals surface area contributed by atoms with E-state index in [2.05, 4.69) is 4.98 Å². The molecule has 0 saturated heterocycles. The quantitative estimate of drug-likeness (QED) is 0.620. The zero-order valence-electron chi connectivity index (χ0n) is 9.85. The third kappa shape index (κ3) is 2.50. The summed E-state index contributed by atoms with van der Waals surface area (Å²) in [7, 11) is 0. The Bertz CT molecular complexity index is 516. The average Bonchev–Trinajstić information content (AvgIpc) is 2.51. The number of aryl methyl sites for hydroxylation is 1. The molecule has 0 fully saturated rings. The van der Waals surface area contributed by atoms with Crippen LogP contribution in [0.2, 0.25) is 0 Å². The number of carbonyl (C=O) groups is 3. The molecule has 1 aromatic rings. The molecule has 0 spiro atoms. The molecule has 0 aromatic carbocycles. The molecule has 0 amide bonds. The summed E-state index contributed by atoms with van der Waals surface area (Å²) in [4.78, 5) is 35.2. The van der Waals surface area contributed by atoms with Crippen LogP contribution >= 0.6 is 0 Å². The molecule has 1 rings (SSSR count). The molecule has 0 saturated carbocycles. The van der Waals surface area contributed by atoms with Crippen molar-refractivity contribution in [2.45, 2.75) is 26.2 Å². The van der Waals surface area contributed by atoms with E-state index in [1.165, 1.54) is 13.8 Å². The number of aromatic carboxylic acids is 1. The number of nitrogens with one attached hydrogen (secondary N) is 1. The summed E-state index contributed by atoms with van der Waals surface area (Å²) in [6, 6.07) is 0. The van der Waals surface area contributed by atoms with Gasteiger partial charge in [-0.15, -0.1) is 0 Å². The molecule has 0 aliphatic carbocycles. The van der Waals surface area contributed by atoms with E-state index in [4.69, 9.17) is 15.3 Å². The fourth-order valence-electron chi connectivity index (χ4n) is 1.99. The Hall–Kier alpha value is -2.31. The second-order valence-electron chi connectivity index (χ2n) is 3.96. The monoisotopic (exact) mass is 255 g/mol. The number of hydrogen-bond donors (Lipinski definition) is 4. The minimum absolute atomic E-state index is 0.112. The van der Waals surface area contributed by atoms with Gasteiger partial charge in [0.2, 0.25) is 0 Å². The number of rotatable bonds is 5. The molecule has 98 valence electrons. The largest absolute Gasteiger partial charge is 0.481 e. The maximum absolute atomic E-state index is 11.1. The Morgan fingerprint density at radius 1 is 1.17 bits per heavy atom. The summed E-state index contributed by atoms with van der Waals surface area (Å²) in [6.07, 6.45) is -0.589. The molecule has 1 aromatic heterocycles. The van der Waals surface area contributed by atoms with E-state index < -0.39 is 30.2 Å². The second kappa shape index (κ2) is 4.91. The van der Waals surface area contributed by atoms with Crippen LogP contribution < -0.4 is 0 Å². The van der Waals surface area contributed by atoms with Gasteiger partial charge in [-0.1, -0.05) is 0 Å². The van der Waals surface area contributed by atoms with Crippen LogP contribution in [0.3, 0.4) is 0 Å².